The number of rotatable bonds is 5. The number of methoxy groups -OCH3 is 1. The number of carbonyl (C=O) groups is 2. The Balaban J connectivity index is 1.50. The molecule has 8 nitrogen and oxygen atoms in total. The van der Waals surface area contributed by atoms with Crippen LogP contribution in [0.2, 0.25) is 0 Å². The highest BCUT2D eigenvalue weighted by molar-refractivity contribution is 7.99. The van der Waals surface area contributed by atoms with Crippen molar-refractivity contribution in [3.63, 3.8) is 0 Å². The molecular formula is C19H17N5O3S. The Morgan fingerprint density at radius 3 is 2.89 bits per heavy atom. The number of para-hydroxylation sites is 2. The molecule has 2 aromatic carbocycles. The fraction of sp³-hybridized carbons (Fsp3) is 0.158. The predicted octanol–water partition coefficient (Wildman–Crippen LogP) is 3.04. The van der Waals surface area contributed by atoms with Gasteiger partial charge < -0.3 is 10.1 Å². The number of aromatic nitrogens is 4. The van der Waals surface area contributed by atoms with E-state index >= 15 is 0 Å². The summed E-state index contributed by atoms with van der Waals surface area (Å²) in [6.07, 6.45) is 0. The molecule has 9 heteroatoms. The monoisotopic (exact) mass is 395 g/mol. The van der Waals surface area contributed by atoms with Gasteiger partial charge in [-0.2, -0.15) is 0 Å². The lowest BCUT2D eigenvalue weighted by Gasteiger charge is -2.09. The largest absolute Gasteiger partial charge is 0.465 e. The van der Waals surface area contributed by atoms with E-state index in [-0.39, 0.29) is 11.7 Å². The number of hydrogen-bond donors (Lipinski definition) is 2. The lowest BCUT2D eigenvalue weighted by Crippen LogP contribution is -2.15. The van der Waals surface area contributed by atoms with Gasteiger partial charge in [0, 0.05) is 5.69 Å². The number of fused-ring (bicyclic) bond motifs is 3. The number of anilines is 1. The number of amides is 1. The van der Waals surface area contributed by atoms with Gasteiger partial charge in [-0.25, -0.2) is 14.9 Å². The number of thioether (sulfide) groups is 1. The molecule has 2 heterocycles. The van der Waals surface area contributed by atoms with E-state index in [0.29, 0.717) is 22.2 Å². The van der Waals surface area contributed by atoms with Crippen LogP contribution < -0.4 is 5.32 Å². The van der Waals surface area contributed by atoms with Crippen molar-refractivity contribution in [3.8, 4) is 0 Å². The molecule has 0 radical (unpaired) electrons. The van der Waals surface area contributed by atoms with Crippen molar-refractivity contribution in [2.75, 3.05) is 18.2 Å². The van der Waals surface area contributed by atoms with E-state index in [1.807, 2.05) is 35.6 Å². The van der Waals surface area contributed by atoms with Crippen molar-refractivity contribution in [1.29, 1.82) is 0 Å². The van der Waals surface area contributed by atoms with Gasteiger partial charge >= 0.3 is 5.97 Å². The molecule has 2 N–H and O–H groups in total. The average molecular weight is 395 g/mol. The topological polar surface area (TPSA) is 101 Å². The molecule has 2 aromatic heterocycles. The molecule has 0 spiro atoms. The maximum absolute atomic E-state index is 12.4. The molecule has 0 unspecified atom stereocenters. The minimum atomic E-state index is -0.448. The summed E-state index contributed by atoms with van der Waals surface area (Å²) in [5.74, 6) is 0.145. The van der Waals surface area contributed by atoms with Gasteiger partial charge in [0.15, 0.2) is 5.16 Å². The highest BCUT2D eigenvalue weighted by Crippen LogP contribution is 2.23. The molecule has 0 atom stereocenters. The number of nitrogens with one attached hydrogen (secondary N) is 2. The Hall–Kier alpha value is -3.33. The van der Waals surface area contributed by atoms with Gasteiger partial charge in [0.25, 0.3) is 0 Å². The first-order valence-corrected chi connectivity index (χ1v) is 9.48. The summed E-state index contributed by atoms with van der Waals surface area (Å²) in [5.41, 5.74) is 3.60. The molecule has 0 aliphatic heterocycles. The number of ether oxygens (including phenoxy) is 1. The minimum Gasteiger partial charge on any atom is -0.465 e. The van der Waals surface area contributed by atoms with E-state index in [2.05, 4.69) is 20.5 Å². The van der Waals surface area contributed by atoms with Gasteiger partial charge in [0.1, 0.15) is 0 Å². The first-order chi connectivity index (χ1) is 13.6. The molecule has 0 fully saturated rings. The Morgan fingerprint density at radius 2 is 2.07 bits per heavy atom. The summed E-state index contributed by atoms with van der Waals surface area (Å²) < 4.78 is 6.61. The molecule has 0 saturated carbocycles. The number of aryl methyl sites for hydroxylation is 1. The molecule has 142 valence electrons. The third-order valence-corrected chi connectivity index (χ3v) is 5.21. The normalized spacial score (nSPS) is 11.1. The summed E-state index contributed by atoms with van der Waals surface area (Å²) in [6, 6.07) is 12.8. The first-order valence-electron chi connectivity index (χ1n) is 8.50. The number of H-pyrrole nitrogens is 1. The highest BCUT2D eigenvalue weighted by atomic mass is 32.2. The zero-order valence-corrected chi connectivity index (χ0v) is 16.0. The second-order valence-electron chi connectivity index (χ2n) is 6.12. The number of hydrogen-bond acceptors (Lipinski definition) is 6. The number of imidazole rings is 1. The summed E-state index contributed by atoms with van der Waals surface area (Å²) in [6.45, 7) is 1.86. The summed E-state index contributed by atoms with van der Waals surface area (Å²) in [4.78, 5) is 28.6. The van der Waals surface area contributed by atoms with Crippen molar-refractivity contribution in [2.45, 2.75) is 12.1 Å². The van der Waals surface area contributed by atoms with Gasteiger partial charge in [-0.1, -0.05) is 30.0 Å². The van der Waals surface area contributed by atoms with Crippen molar-refractivity contribution in [3.05, 3.63) is 53.6 Å². The zero-order chi connectivity index (χ0) is 19.7. The van der Waals surface area contributed by atoms with E-state index in [9.17, 15) is 9.59 Å². The first kappa shape index (κ1) is 18.1. The van der Waals surface area contributed by atoms with Crippen LogP contribution in [-0.4, -0.2) is 44.3 Å². The molecule has 28 heavy (non-hydrogen) atoms. The molecular weight excluding hydrogens is 378 g/mol. The smallest absolute Gasteiger partial charge is 0.337 e. The Bertz CT molecular complexity index is 1200. The number of esters is 1. The third kappa shape index (κ3) is 3.31. The van der Waals surface area contributed by atoms with Gasteiger partial charge in [0.05, 0.1) is 29.5 Å². The maximum Gasteiger partial charge on any atom is 0.337 e. The van der Waals surface area contributed by atoms with Gasteiger partial charge in [-0.05, 0) is 36.8 Å². The summed E-state index contributed by atoms with van der Waals surface area (Å²) in [5, 5.41) is 10.6. The van der Waals surface area contributed by atoms with E-state index < -0.39 is 5.97 Å². The van der Waals surface area contributed by atoms with Crippen LogP contribution in [0.5, 0.6) is 0 Å². The van der Waals surface area contributed by atoms with E-state index in [4.69, 9.17) is 4.74 Å². The molecule has 0 saturated heterocycles. The highest BCUT2D eigenvalue weighted by Gasteiger charge is 2.15. The lowest BCUT2D eigenvalue weighted by atomic mass is 10.1. The van der Waals surface area contributed by atoms with Crippen LogP contribution in [0.1, 0.15) is 15.9 Å². The van der Waals surface area contributed by atoms with Crippen LogP contribution in [0, 0.1) is 6.92 Å². The van der Waals surface area contributed by atoms with Crippen molar-refractivity contribution >= 4 is 46.1 Å². The predicted molar refractivity (Wildman–Crippen MR) is 107 cm³/mol. The molecule has 1 amide bonds. The van der Waals surface area contributed by atoms with Gasteiger partial charge in [-0.3, -0.25) is 9.20 Å². The third-order valence-electron chi connectivity index (χ3n) is 4.27. The number of carbonyl (C=O) groups excluding carboxylic acids is 2. The fourth-order valence-corrected chi connectivity index (χ4v) is 3.61. The Morgan fingerprint density at radius 1 is 1.25 bits per heavy atom. The van der Waals surface area contributed by atoms with Crippen LogP contribution in [0.3, 0.4) is 0 Å². The van der Waals surface area contributed by atoms with E-state index in [0.717, 1.165) is 16.6 Å². The van der Waals surface area contributed by atoms with Gasteiger partial charge in [-0.15, -0.1) is 5.10 Å². The fourth-order valence-electron chi connectivity index (χ4n) is 2.86. The quantitative estimate of drug-likeness (QED) is 0.398. The molecule has 0 aliphatic carbocycles. The van der Waals surface area contributed by atoms with Crippen molar-refractivity contribution < 1.29 is 14.3 Å². The van der Waals surface area contributed by atoms with E-state index in [1.54, 1.807) is 18.2 Å². The molecule has 4 rings (SSSR count). The molecule has 0 bridgehead atoms. The maximum atomic E-state index is 12.4. The van der Waals surface area contributed by atoms with Crippen LogP contribution in [0.25, 0.3) is 16.8 Å². The van der Waals surface area contributed by atoms with Crippen LogP contribution in [0.15, 0.2) is 47.6 Å². The molecule has 0 aliphatic rings. The van der Waals surface area contributed by atoms with E-state index in [1.165, 1.54) is 18.9 Å². The Kier molecular flexibility index (Phi) is 4.74. The lowest BCUT2D eigenvalue weighted by molar-refractivity contribution is -0.113. The summed E-state index contributed by atoms with van der Waals surface area (Å²) in [7, 11) is 1.32. The number of aromatic amines is 1. The minimum absolute atomic E-state index is 0.161. The standard InChI is InChI=1S/C19H17N5O3S/c1-11-7-8-12(17(26)27-2)9-14(11)20-16(25)10-28-19-23-22-18-21-13-5-3-4-6-15(13)24(18)19/h3-9H,10H2,1-2H3,(H,20,25)(H,21,22). The Labute approximate surface area is 164 Å². The van der Waals surface area contributed by atoms with Crippen LogP contribution in [0.4, 0.5) is 5.69 Å². The number of nitrogens with zero attached hydrogens (tertiary/aromatic N) is 3. The van der Waals surface area contributed by atoms with Crippen molar-refractivity contribution in [2.24, 2.45) is 0 Å². The second-order valence-corrected chi connectivity index (χ2v) is 7.07. The zero-order valence-electron chi connectivity index (χ0n) is 15.2. The second kappa shape index (κ2) is 7.35. The van der Waals surface area contributed by atoms with Crippen molar-refractivity contribution in [1.82, 2.24) is 19.6 Å². The SMILES string of the molecule is COC(=O)c1ccc(C)c(NC(=O)CSc2n[nH]c3nc4ccccc4n23)c1. The van der Waals surface area contributed by atoms with Crippen LogP contribution >= 0.6 is 11.8 Å². The van der Waals surface area contributed by atoms with Gasteiger partial charge in [0.2, 0.25) is 11.7 Å². The van der Waals surface area contributed by atoms with Crippen LogP contribution in [-0.2, 0) is 9.53 Å². The molecule has 4 aromatic rings. The summed E-state index contributed by atoms with van der Waals surface area (Å²) >= 11 is 1.30. The number of benzene rings is 2. The average Bonchev–Trinajstić information content (AvgIpc) is 3.26.